The van der Waals surface area contributed by atoms with Gasteiger partial charge in [0.2, 0.25) is 5.43 Å². The van der Waals surface area contributed by atoms with E-state index in [2.05, 4.69) is 12.2 Å². The molecule has 1 aliphatic carbocycles. The van der Waals surface area contributed by atoms with Gasteiger partial charge in [0.05, 0.1) is 12.1 Å². The predicted molar refractivity (Wildman–Crippen MR) is 70.5 cm³/mol. The van der Waals surface area contributed by atoms with Crippen LogP contribution in [0.2, 0.25) is 0 Å². The van der Waals surface area contributed by atoms with Crippen molar-refractivity contribution in [3.05, 3.63) is 28.2 Å². The number of pyridine rings is 1. The molecule has 1 aromatic rings. The maximum Gasteiger partial charge on any atom is 0.272 e. The number of fused-ring (bicyclic) bond motifs is 1. The molecule has 19 heavy (non-hydrogen) atoms. The molecular weight excluding hydrogens is 244 g/mol. The van der Waals surface area contributed by atoms with E-state index in [-0.39, 0.29) is 22.6 Å². The van der Waals surface area contributed by atoms with E-state index in [1.54, 1.807) is 6.20 Å². The Labute approximate surface area is 111 Å². The average Bonchev–Trinajstić information content (AvgIpc) is 3.11. The first-order valence-corrected chi connectivity index (χ1v) is 6.84. The summed E-state index contributed by atoms with van der Waals surface area (Å²) in [5.74, 6) is 0.0110. The van der Waals surface area contributed by atoms with Gasteiger partial charge in [0.25, 0.3) is 5.91 Å². The van der Waals surface area contributed by atoms with Gasteiger partial charge in [-0.25, -0.2) is 0 Å². The standard InChI is InChI=1S/C14H18N2O3/c1-2-3-8-19-12-10(17)4-7-16-9-14(5-6-14)15-13(18)11(12)16/h4,7H,2-3,5-6,8-9H2,1H3,(H,15,18). The molecule has 3 rings (SSSR count). The Bertz CT molecular complexity index is 573. The summed E-state index contributed by atoms with van der Waals surface area (Å²) < 4.78 is 7.40. The van der Waals surface area contributed by atoms with Crippen molar-refractivity contribution in [1.82, 2.24) is 9.88 Å². The second-order valence-corrected chi connectivity index (χ2v) is 5.42. The monoisotopic (exact) mass is 262 g/mol. The van der Waals surface area contributed by atoms with Crippen molar-refractivity contribution in [2.45, 2.75) is 44.7 Å². The molecule has 1 N–H and O–H groups in total. The lowest BCUT2D eigenvalue weighted by Crippen LogP contribution is -2.47. The zero-order valence-electron chi connectivity index (χ0n) is 11.1. The van der Waals surface area contributed by atoms with Crippen LogP contribution in [0.25, 0.3) is 0 Å². The molecule has 0 unspecified atom stereocenters. The molecule has 2 aliphatic rings. The molecule has 1 fully saturated rings. The third-order valence-corrected chi connectivity index (χ3v) is 3.80. The van der Waals surface area contributed by atoms with Crippen LogP contribution in [-0.4, -0.2) is 22.6 Å². The van der Waals surface area contributed by atoms with Gasteiger partial charge in [0.15, 0.2) is 11.4 Å². The highest BCUT2D eigenvalue weighted by atomic mass is 16.5. The average molecular weight is 262 g/mol. The molecule has 1 aromatic heterocycles. The topological polar surface area (TPSA) is 60.3 Å². The first-order valence-electron chi connectivity index (χ1n) is 6.84. The van der Waals surface area contributed by atoms with Crippen molar-refractivity contribution < 1.29 is 9.53 Å². The fourth-order valence-corrected chi connectivity index (χ4v) is 2.48. The van der Waals surface area contributed by atoms with Crippen molar-refractivity contribution >= 4 is 5.91 Å². The first-order chi connectivity index (χ1) is 9.15. The summed E-state index contributed by atoms with van der Waals surface area (Å²) in [5, 5.41) is 3.00. The zero-order chi connectivity index (χ0) is 13.5. The molecule has 0 bridgehead atoms. The van der Waals surface area contributed by atoms with Crippen LogP contribution < -0.4 is 15.5 Å². The van der Waals surface area contributed by atoms with Gasteiger partial charge in [-0.3, -0.25) is 9.59 Å². The Morgan fingerprint density at radius 2 is 2.21 bits per heavy atom. The summed E-state index contributed by atoms with van der Waals surface area (Å²) in [6.45, 7) is 3.26. The molecule has 1 amide bonds. The molecule has 1 spiro atoms. The van der Waals surface area contributed by atoms with E-state index >= 15 is 0 Å². The quantitative estimate of drug-likeness (QED) is 0.832. The lowest BCUT2D eigenvalue weighted by molar-refractivity contribution is 0.0883. The van der Waals surface area contributed by atoms with E-state index in [9.17, 15) is 9.59 Å². The lowest BCUT2D eigenvalue weighted by Gasteiger charge is -2.28. The van der Waals surface area contributed by atoms with E-state index in [1.807, 2.05) is 4.57 Å². The van der Waals surface area contributed by atoms with E-state index in [0.29, 0.717) is 12.3 Å². The van der Waals surface area contributed by atoms with Crippen LogP contribution in [0.4, 0.5) is 0 Å². The number of nitrogens with zero attached hydrogens (tertiary/aromatic N) is 1. The van der Waals surface area contributed by atoms with Crippen LogP contribution in [0.3, 0.4) is 0 Å². The SMILES string of the molecule is CCCCOc1c2n(ccc1=O)CC1(CC1)NC2=O. The molecule has 0 saturated heterocycles. The zero-order valence-corrected chi connectivity index (χ0v) is 11.1. The summed E-state index contributed by atoms with van der Waals surface area (Å²) in [5.41, 5.74) is 0.0882. The summed E-state index contributed by atoms with van der Waals surface area (Å²) in [6.07, 6.45) is 5.58. The number of nitrogens with one attached hydrogen (secondary N) is 1. The number of amides is 1. The minimum absolute atomic E-state index is 0.0696. The molecule has 5 heteroatoms. The third kappa shape index (κ3) is 2.13. The van der Waals surface area contributed by atoms with Crippen molar-refractivity contribution in [1.29, 1.82) is 0 Å². The van der Waals surface area contributed by atoms with Crippen LogP contribution in [0.5, 0.6) is 5.75 Å². The Morgan fingerprint density at radius 1 is 1.42 bits per heavy atom. The highest BCUT2D eigenvalue weighted by Gasteiger charge is 2.48. The minimum atomic E-state index is -0.218. The number of unbranched alkanes of at least 4 members (excludes halogenated alkanes) is 1. The number of carbonyl (C=O) groups is 1. The second-order valence-electron chi connectivity index (χ2n) is 5.42. The smallest absolute Gasteiger partial charge is 0.272 e. The van der Waals surface area contributed by atoms with Gasteiger partial charge in [0, 0.05) is 18.8 Å². The van der Waals surface area contributed by atoms with Gasteiger partial charge >= 0.3 is 0 Å². The second kappa shape index (κ2) is 4.40. The van der Waals surface area contributed by atoms with Gasteiger partial charge in [-0.1, -0.05) is 13.3 Å². The molecule has 0 radical (unpaired) electrons. The van der Waals surface area contributed by atoms with E-state index in [4.69, 9.17) is 4.74 Å². The fourth-order valence-electron chi connectivity index (χ4n) is 2.48. The first kappa shape index (κ1) is 12.3. The summed E-state index contributed by atoms with van der Waals surface area (Å²) in [7, 11) is 0. The highest BCUT2D eigenvalue weighted by molar-refractivity contribution is 5.96. The summed E-state index contributed by atoms with van der Waals surface area (Å²) in [4.78, 5) is 24.1. The molecule has 0 aromatic carbocycles. The van der Waals surface area contributed by atoms with Gasteiger partial charge in [0.1, 0.15) is 0 Å². The van der Waals surface area contributed by atoms with Crippen LogP contribution in [0, 0.1) is 0 Å². The largest absolute Gasteiger partial charge is 0.487 e. The number of aromatic nitrogens is 1. The van der Waals surface area contributed by atoms with E-state index in [1.165, 1.54) is 6.07 Å². The molecule has 1 saturated carbocycles. The lowest BCUT2D eigenvalue weighted by atomic mass is 10.1. The number of hydrogen-bond donors (Lipinski definition) is 1. The Balaban J connectivity index is 1.95. The highest BCUT2D eigenvalue weighted by Crippen LogP contribution is 2.40. The van der Waals surface area contributed by atoms with Gasteiger partial charge in [-0.15, -0.1) is 0 Å². The van der Waals surface area contributed by atoms with Crippen LogP contribution in [0.15, 0.2) is 17.1 Å². The Hall–Kier alpha value is -1.78. The van der Waals surface area contributed by atoms with Crippen LogP contribution >= 0.6 is 0 Å². The minimum Gasteiger partial charge on any atom is -0.487 e. The number of rotatable bonds is 4. The van der Waals surface area contributed by atoms with Gasteiger partial charge in [-0.05, 0) is 19.3 Å². The molecule has 5 nitrogen and oxygen atoms in total. The van der Waals surface area contributed by atoms with Crippen molar-refractivity contribution in [3.63, 3.8) is 0 Å². The maximum absolute atomic E-state index is 12.2. The maximum atomic E-state index is 12.2. The van der Waals surface area contributed by atoms with Crippen LogP contribution in [-0.2, 0) is 6.54 Å². The van der Waals surface area contributed by atoms with Crippen molar-refractivity contribution in [2.75, 3.05) is 6.61 Å². The molecule has 102 valence electrons. The number of ether oxygens (including phenoxy) is 1. The molecular formula is C14H18N2O3. The molecule has 2 heterocycles. The van der Waals surface area contributed by atoms with E-state index < -0.39 is 0 Å². The Kier molecular flexibility index (Phi) is 2.84. The normalized spacial score (nSPS) is 18.9. The van der Waals surface area contributed by atoms with Gasteiger partial charge in [-0.2, -0.15) is 0 Å². The Morgan fingerprint density at radius 3 is 2.89 bits per heavy atom. The van der Waals surface area contributed by atoms with Crippen molar-refractivity contribution in [2.24, 2.45) is 0 Å². The third-order valence-electron chi connectivity index (χ3n) is 3.80. The van der Waals surface area contributed by atoms with E-state index in [0.717, 1.165) is 32.2 Å². The number of carbonyl (C=O) groups excluding carboxylic acids is 1. The van der Waals surface area contributed by atoms with Crippen LogP contribution in [0.1, 0.15) is 43.1 Å². The molecule has 1 aliphatic heterocycles. The summed E-state index contributed by atoms with van der Waals surface area (Å²) >= 11 is 0. The fraction of sp³-hybridized carbons (Fsp3) is 0.571. The summed E-state index contributed by atoms with van der Waals surface area (Å²) in [6, 6.07) is 1.49. The molecule has 0 atom stereocenters. The number of hydrogen-bond acceptors (Lipinski definition) is 3. The predicted octanol–water partition coefficient (Wildman–Crippen LogP) is 1.30. The van der Waals surface area contributed by atoms with Gasteiger partial charge < -0.3 is 14.6 Å². The van der Waals surface area contributed by atoms with Crippen molar-refractivity contribution in [3.8, 4) is 5.75 Å².